The minimum Gasteiger partial charge on any atom is -0.350 e. The Labute approximate surface area is 103 Å². The predicted molar refractivity (Wildman–Crippen MR) is 74.3 cm³/mol. The smallest absolute Gasteiger partial charge is 0.0480 e. The molecule has 2 nitrogen and oxygen atoms in total. The molecule has 1 heterocycles. The molecule has 92 valence electrons. The molecule has 0 amide bonds. The second-order valence-electron chi connectivity index (χ2n) is 5.30. The van der Waals surface area contributed by atoms with Gasteiger partial charge in [-0.2, -0.15) is 0 Å². The summed E-state index contributed by atoms with van der Waals surface area (Å²) >= 11 is 0. The maximum atomic E-state index is 5.93. The number of rotatable bonds is 3. The zero-order chi connectivity index (χ0) is 12.6. The molecule has 2 heteroatoms. The highest BCUT2D eigenvalue weighted by Gasteiger charge is 2.18. The number of nitrogens with two attached hydrogens (primary N) is 1. The molecular weight excluding hydrogens is 208 g/mol. The van der Waals surface area contributed by atoms with Gasteiger partial charge in [-0.15, -0.1) is 0 Å². The van der Waals surface area contributed by atoms with Gasteiger partial charge in [0.15, 0.2) is 0 Å². The SMILES string of the molecule is Cc1ccc2c(c1)c(C(CN)C(C)C)cn2C. The molecule has 1 aromatic heterocycles. The zero-order valence-corrected chi connectivity index (χ0v) is 11.2. The van der Waals surface area contributed by atoms with Crippen molar-refractivity contribution >= 4 is 10.9 Å². The van der Waals surface area contributed by atoms with E-state index < -0.39 is 0 Å². The van der Waals surface area contributed by atoms with Gasteiger partial charge in [-0.25, -0.2) is 0 Å². The highest BCUT2D eigenvalue weighted by molar-refractivity contribution is 5.85. The summed E-state index contributed by atoms with van der Waals surface area (Å²) in [5.74, 6) is 1.02. The average molecular weight is 230 g/mol. The first-order valence-electron chi connectivity index (χ1n) is 6.30. The fourth-order valence-corrected chi connectivity index (χ4v) is 2.59. The van der Waals surface area contributed by atoms with Crippen LogP contribution in [0.4, 0.5) is 0 Å². The standard InChI is InChI=1S/C15H22N2/c1-10(2)13(8-16)14-9-17(4)15-6-5-11(3)7-12(14)15/h5-7,9-10,13H,8,16H2,1-4H3. The van der Waals surface area contributed by atoms with E-state index in [2.05, 4.69) is 56.8 Å². The van der Waals surface area contributed by atoms with E-state index in [-0.39, 0.29) is 0 Å². The highest BCUT2D eigenvalue weighted by atomic mass is 14.9. The maximum absolute atomic E-state index is 5.93. The van der Waals surface area contributed by atoms with E-state index in [0.717, 1.165) is 0 Å². The Kier molecular flexibility index (Phi) is 3.25. The van der Waals surface area contributed by atoms with Gasteiger partial charge < -0.3 is 10.3 Å². The van der Waals surface area contributed by atoms with Crippen LogP contribution in [-0.2, 0) is 7.05 Å². The van der Waals surface area contributed by atoms with Crippen molar-refractivity contribution in [3.63, 3.8) is 0 Å². The largest absolute Gasteiger partial charge is 0.350 e. The Morgan fingerprint density at radius 2 is 2.00 bits per heavy atom. The normalized spacial score (nSPS) is 13.5. The molecule has 1 atom stereocenters. The molecule has 17 heavy (non-hydrogen) atoms. The fourth-order valence-electron chi connectivity index (χ4n) is 2.59. The zero-order valence-electron chi connectivity index (χ0n) is 11.2. The summed E-state index contributed by atoms with van der Waals surface area (Å²) in [6, 6.07) is 6.64. The number of aromatic nitrogens is 1. The number of nitrogens with zero attached hydrogens (tertiary/aromatic N) is 1. The highest BCUT2D eigenvalue weighted by Crippen LogP contribution is 2.31. The van der Waals surface area contributed by atoms with Crippen LogP contribution in [0.5, 0.6) is 0 Å². The third-order valence-corrected chi connectivity index (χ3v) is 3.63. The molecule has 2 aromatic rings. The molecular formula is C15H22N2. The van der Waals surface area contributed by atoms with Crippen molar-refractivity contribution in [2.45, 2.75) is 26.7 Å². The molecule has 0 aliphatic heterocycles. The second-order valence-corrected chi connectivity index (χ2v) is 5.30. The molecule has 0 spiro atoms. The van der Waals surface area contributed by atoms with Gasteiger partial charge in [-0.3, -0.25) is 0 Å². The van der Waals surface area contributed by atoms with Crippen LogP contribution in [0.15, 0.2) is 24.4 Å². The summed E-state index contributed by atoms with van der Waals surface area (Å²) < 4.78 is 2.20. The lowest BCUT2D eigenvalue weighted by Gasteiger charge is -2.18. The number of aryl methyl sites for hydroxylation is 2. The molecule has 0 aliphatic rings. The molecule has 1 unspecified atom stereocenters. The molecule has 2 rings (SSSR count). The van der Waals surface area contributed by atoms with Gasteiger partial charge in [0.2, 0.25) is 0 Å². The van der Waals surface area contributed by atoms with Crippen LogP contribution in [-0.4, -0.2) is 11.1 Å². The van der Waals surface area contributed by atoms with E-state index in [0.29, 0.717) is 18.4 Å². The van der Waals surface area contributed by atoms with Crippen molar-refractivity contribution in [3.8, 4) is 0 Å². The van der Waals surface area contributed by atoms with Crippen molar-refractivity contribution in [2.75, 3.05) is 6.54 Å². The van der Waals surface area contributed by atoms with Crippen LogP contribution in [0.1, 0.15) is 30.9 Å². The fraction of sp³-hybridized carbons (Fsp3) is 0.467. The van der Waals surface area contributed by atoms with E-state index in [1.807, 2.05) is 0 Å². The quantitative estimate of drug-likeness (QED) is 0.862. The van der Waals surface area contributed by atoms with E-state index in [9.17, 15) is 0 Å². The lowest BCUT2D eigenvalue weighted by molar-refractivity contribution is 0.508. The van der Waals surface area contributed by atoms with Crippen LogP contribution >= 0.6 is 0 Å². The van der Waals surface area contributed by atoms with Crippen molar-refractivity contribution in [3.05, 3.63) is 35.5 Å². The van der Waals surface area contributed by atoms with Crippen LogP contribution < -0.4 is 5.73 Å². The Morgan fingerprint density at radius 1 is 1.29 bits per heavy atom. The molecule has 0 saturated carbocycles. The van der Waals surface area contributed by atoms with Crippen LogP contribution in [0.3, 0.4) is 0 Å². The Bertz CT molecular complexity index is 523. The molecule has 1 aromatic carbocycles. The lowest BCUT2D eigenvalue weighted by atomic mass is 9.88. The summed E-state index contributed by atoms with van der Waals surface area (Å²) in [6.45, 7) is 7.34. The number of benzene rings is 1. The van der Waals surface area contributed by atoms with Crippen molar-refractivity contribution < 1.29 is 0 Å². The van der Waals surface area contributed by atoms with Gasteiger partial charge in [0.25, 0.3) is 0 Å². The summed E-state index contributed by atoms with van der Waals surface area (Å²) in [4.78, 5) is 0. The summed E-state index contributed by atoms with van der Waals surface area (Å²) in [5.41, 5.74) is 9.93. The summed E-state index contributed by atoms with van der Waals surface area (Å²) in [5, 5.41) is 1.36. The van der Waals surface area contributed by atoms with Crippen molar-refractivity contribution in [1.82, 2.24) is 4.57 Å². The Balaban J connectivity index is 2.64. The molecule has 0 radical (unpaired) electrons. The molecule has 0 bridgehead atoms. The average Bonchev–Trinajstić information content (AvgIpc) is 2.56. The van der Waals surface area contributed by atoms with E-state index in [4.69, 9.17) is 5.73 Å². The molecule has 0 saturated heterocycles. The molecule has 2 N–H and O–H groups in total. The van der Waals surface area contributed by atoms with E-state index >= 15 is 0 Å². The van der Waals surface area contributed by atoms with Gasteiger partial charge in [0, 0.05) is 30.1 Å². The first-order valence-corrected chi connectivity index (χ1v) is 6.30. The summed E-state index contributed by atoms with van der Waals surface area (Å²) in [6.07, 6.45) is 2.24. The molecule has 0 aliphatic carbocycles. The van der Waals surface area contributed by atoms with Gasteiger partial charge in [0.05, 0.1) is 0 Å². The predicted octanol–water partition coefficient (Wildman–Crippen LogP) is 3.19. The van der Waals surface area contributed by atoms with E-state index in [1.54, 1.807) is 0 Å². The third-order valence-electron chi connectivity index (χ3n) is 3.63. The second kappa shape index (κ2) is 4.53. The van der Waals surface area contributed by atoms with Gasteiger partial charge in [-0.1, -0.05) is 25.5 Å². The number of fused-ring (bicyclic) bond motifs is 1. The number of hydrogen-bond donors (Lipinski definition) is 1. The van der Waals surface area contributed by atoms with Crippen LogP contribution in [0.2, 0.25) is 0 Å². The minimum absolute atomic E-state index is 0.445. The van der Waals surface area contributed by atoms with Crippen LogP contribution in [0, 0.1) is 12.8 Å². The first-order chi connectivity index (χ1) is 8.04. The molecule has 0 fully saturated rings. The van der Waals surface area contributed by atoms with Gasteiger partial charge in [-0.05, 0) is 37.1 Å². The van der Waals surface area contributed by atoms with Gasteiger partial charge in [0.1, 0.15) is 0 Å². The lowest BCUT2D eigenvalue weighted by Crippen LogP contribution is -2.17. The van der Waals surface area contributed by atoms with Crippen molar-refractivity contribution in [2.24, 2.45) is 18.7 Å². The van der Waals surface area contributed by atoms with E-state index in [1.165, 1.54) is 22.0 Å². The Morgan fingerprint density at radius 3 is 2.59 bits per heavy atom. The van der Waals surface area contributed by atoms with Crippen molar-refractivity contribution in [1.29, 1.82) is 0 Å². The monoisotopic (exact) mass is 230 g/mol. The third kappa shape index (κ3) is 2.09. The number of hydrogen-bond acceptors (Lipinski definition) is 1. The first kappa shape index (κ1) is 12.2. The topological polar surface area (TPSA) is 30.9 Å². The van der Waals surface area contributed by atoms with Gasteiger partial charge >= 0.3 is 0 Å². The summed E-state index contributed by atoms with van der Waals surface area (Å²) in [7, 11) is 2.11. The maximum Gasteiger partial charge on any atom is 0.0480 e. The van der Waals surface area contributed by atoms with Crippen LogP contribution in [0.25, 0.3) is 10.9 Å². The minimum atomic E-state index is 0.445. The Hall–Kier alpha value is -1.28.